The van der Waals surface area contributed by atoms with Crippen LogP contribution in [0.1, 0.15) is 32.8 Å². The Hall–Kier alpha value is -0.240. The molecule has 0 radical (unpaired) electrons. The van der Waals surface area contributed by atoms with Crippen molar-refractivity contribution >= 4 is 15.9 Å². The van der Waals surface area contributed by atoms with Crippen molar-refractivity contribution in [3.63, 3.8) is 0 Å². The lowest BCUT2D eigenvalue weighted by Gasteiger charge is -2.24. The van der Waals surface area contributed by atoms with Crippen molar-refractivity contribution in [1.29, 1.82) is 0 Å². The topological polar surface area (TPSA) is 13.1 Å². The molecule has 0 saturated carbocycles. The minimum Gasteiger partial charge on any atom is -0.472 e. The van der Waals surface area contributed by atoms with Crippen LogP contribution in [0.2, 0.25) is 0 Å². The second-order valence-corrected chi connectivity index (χ2v) is 5.44. The summed E-state index contributed by atoms with van der Waals surface area (Å²) in [5.74, 6) is 0. The number of hydrogen-bond donors (Lipinski definition) is 0. The number of furan rings is 1. The Balaban J connectivity index is 2.72. The van der Waals surface area contributed by atoms with Crippen molar-refractivity contribution in [3.05, 3.63) is 24.2 Å². The van der Waals surface area contributed by atoms with Crippen LogP contribution in [-0.4, -0.2) is 4.83 Å². The Kier molecular flexibility index (Phi) is 2.99. The molecule has 0 bridgehead atoms. The van der Waals surface area contributed by atoms with Crippen LogP contribution in [0.15, 0.2) is 23.0 Å². The van der Waals surface area contributed by atoms with Crippen molar-refractivity contribution in [2.45, 2.75) is 37.4 Å². The third-order valence-electron chi connectivity index (χ3n) is 2.09. The van der Waals surface area contributed by atoms with Gasteiger partial charge < -0.3 is 4.42 Å². The molecule has 0 aliphatic heterocycles. The first-order chi connectivity index (χ1) is 5.52. The molecule has 0 N–H and O–H groups in total. The monoisotopic (exact) mass is 230 g/mol. The average molecular weight is 231 g/mol. The lowest BCUT2D eigenvalue weighted by molar-refractivity contribution is 0.470. The van der Waals surface area contributed by atoms with E-state index in [1.807, 2.05) is 12.3 Å². The molecule has 1 nitrogen and oxygen atoms in total. The van der Waals surface area contributed by atoms with Crippen LogP contribution >= 0.6 is 15.9 Å². The third kappa shape index (κ3) is 2.37. The molecule has 2 heteroatoms. The van der Waals surface area contributed by atoms with Crippen LogP contribution in [-0.2, 0) is 5.41 Å². The highest BCUT2D eigenvalue weighted by Gasteiger charge is 2.23. The van der Waals surface area contributed by atoms with Crippen LogP contribution in [0.4, 0.5) is 0 Å². The first kappa shape index (κ1) is 9.85. The fourth-order valence-electron chi connectivity index (χ4n) is 1.47. The SMILES string of the molecule is CC(Br)CC(C)(C)c1ccoc1. The summed E-state index contributed by atoms with van der Waals surface area (Å²) in [6, 6.07) is 2.04. The van der Waals surface area contributed by atoms with Gasteiger partial charge >= 0.3 is 0 Å². The van der Waals surface area contributed by atoms with E-state index < -0.39 is 0 Å². The highest BCUT2D eigenvalue weighted by atomic mass is 79.9. The maximum absolute atomic E-state index is 5.07. The Morgan fingerprint density at radius 2 is 2.25 bits per heavy atom. The average Bonchev–Trinajstić information content (AvgIpc) is 2.32. The van der Waals surface area contributed by atoms with E-state index >= 15 is 0 Å². The van der Waals surface area contributed by atoms with Crippen LogP contribution in [0.5, 0.6) is 0 Å². The van der Waals surface area contributed by atoms with Gasteiger partial charge in [-0.1, -0.05) is 36.7 Å². The van der Waals surface area contributed by atoms with Gasteiger partial charge in [0.25, 0.3) is 0 Å². The Bertz CT molecular complexity index is 224. The van der Waals surface area contributed by atoms with Crippen LogP contribution in [0, 0.1) is 0 Å². The van der Waals surface area contributed by atoms with Crippen LogP contribution in [0.25, 0.3) is 0 Å². The van der Waals surface area contributed by atoms with E-state index in [-0.39, 0.29) is 5.41 Å². The first-order valence-corrected chi connectivity index (χ1v) is 5.11. The smallest absolute Gasteiger partial charge is 0.0939 e. The minimum absolute atomic E-state index is 0.204. The molecule has 1 aromatic rings. The molecule has 0 spiro atoms. The van der Waals surface area contributed by atoms with Gasteiger partial charge in [0, 0.05) is 4.83 Å². The van der Waals surface area contributed by atoms with Crippen LogP contribution < -0.4 is 0 Å². The molecule has 1 aromatic heterocycles. The van der Waals surface area contributed by atoms with Gasteiger partial charge in [0.05, 0.1) is 12.5 Å². The number of halogens is 1. The normalized spacial score (nSPS) is 14.7. The van der Waals surface area contributed by atoms with Crippen LogP contribution in [0.3, 0.4) is 0 Å². The van der Waals surface area contributed by atoms with E-state index in [4.69, 9.17) is 4.42 Å². The van der Waals surface area contributed by atoms with E-state index in [1.54, 1.807) is 6.26 Å². The van der Waals surface area contributed by atoms with Crippen molar-refractivity contribution in [1.82, 2.24) is 0 Å². The third-order valence-corrected chi connectivity index (χ3v) is 2.42. The van der Waals surface area contributed by atoms with E-state index in [0.717, 1.165) is 6.42 Å². The molecule has 0 saturated heterocycles. The van der Waals surface area contributed by atoms with E-state index in [9.17, 15) is 0 Å². The van der Waals surface area contributed by atoms with Gasteiger partial charge in [-0.15, -0.1) is 0 Å². The zero-order valence-corrected chi connectivity index (χ0v) is 9.39. The number of hydrogen-bond acceptors (Lipinski definition) is 1. The predicted octanol–water partition coefficient (Wildman–Crippen LogP) is 3.73. The van der Waals surface area contributed by atoms with Gasteiger partial charge in [-0.25, -0.2) is 0 Å². The molecule has 12 heavy (non-hydrogen) atoms. The predicted molar refractivity (Wildman–Crippen MR) is 54.7 cm³/mol. The zero-order valence-electron chi connectivity index (χ0n) is 7.80. The molecular formula is C10H15BrO. The molecule has 1 unspecified atom stereocenters. The van der Waals surface area contributed by atoms with Gasteiger partial charge in [0.1, 0.15) is 0 Å². The Morgan fingerprint density at radius 3 is 2.67 bits per heavy atom. The van der Waals surface area contributed by atoms with E-state index in [2.05, 4.69) is 36.7 Å². The van der Waals surface area contributed by atoms with Gasteiger partial charge in [-0.3, -0.25) is 0 Å². The lowest BCUT2D eigenvalue weighted by atomic mass is 9.82. The summed E-state index contributed by atoms with van der Waals surface area (Å²) in [6.45, 7) is 6.63. The number of rotatable bonds is 3. The Labute approximate surface area is 82.3 Å². The summed E-state index contributed by atoms with van der Waals surface area (Å²) >= 11 is 3.57. The molecule has 0 fully saturated rings. The maximum atomic E-state index is 5.07. The van der Waals surface area contributed by atoms with Gasteiger partial charge in [0.2, 0.25) is 0 Å². The second-order valence-electron chi connectivity index (χ2n) is 3.88. The molecule has 0 aliphatic rings. The standard InChI is InChI=1S/C10H15BrO/c1-8(11)6-10(2,3)9-4-5-12-7-9/h4-5,7-8H,6H2,1-3H3. The molecule has 1 rings (SSSR count). The summed E-state index contributed by atoms with van der Waals surface area (Å²) in [7, 11) is 0. The molecule has 0 amide bonds. The summed E-state index contributed by atoms with van der Waals surface area (Å²) in [5, 5.41) is 0. The largest absolute Gasteiger partial charge is 0.472 e. The zero-order chi connectivity index (χ0) is 9.19. The lowest BCUT2D eigenvalue weighted by Crippen LogP contribution is -2.19. The second kappa shape index (κ2) is 3.65. The summed E-state index contributed by atoms with van der Waals surface area (Å²) < 4.78 is 5.07. The Morgan fingerprint density at radius 1 is 1.58 bits per heavy atom. The van der Waals surface area contributed by atoms with Gasteiger partial charge in [-0.05, 0) is 23.5 Å². The summed E-state index contributed by atoms with van der Waals surface area (Å²) in [6.07, 6.45) is 4.68. The van der Waals surface area contributed by atoms with Crippen molar-refractivity contribution in [2.24, 2.45) is 0 Å². The molecule has 1 atom stereocenters. The van der Waals surface area contributed by atoms with Crippen molar-refractivity contribution in [2.75, 3.05) is 0 Å². The maximum Gasteiger partial charge on any atom is 0.0939 e. The summed E-state index contributed by atoms with van der Waals surface area (Å²) in [5.41, 5.74) is 1.48. The highest BCUT2D eigenvalue weighted by molar-refractivity contribution is 9.09. The first-order valence-electron chi connectivity index (χ1n) is 4.19. The molecule has 0 aromatic carbocycles. The number of alkyl halides is 1. The van der Waals surface area contributed by atoms with Gasteiger partial charge in [0.15, 0.2) is 0 Å². The molecule has 1 heterocycles. The van der Waals surface area contributed by atoms with E-state index in [0.29, 0.717) is 4.83 Å². The summed E-state index contributed by atoms with van der Waals surface area (Å²) in [4.78, 5) is 0.544. The van der Waals surface area contributed by atoms with Crippen molar-refractivity contribution in [3.8, 4) is 0 Å². The molecule has 68 valence electrons. The van der Waals surface area contributed by atoms with Gasteiger partial charge in [-0.2, -0.15) is 0 Å². The van der Waals surface area contributed by atoms with E-state index in [1.165, 1.54) is 5.56 Å². The fourth-order valence-corrected chi connectivity index (χ4v) is 2.28. The highest BCUT2D eigenvalue weighted by Crippen LogP contribution is 2.30. The quantitative estimate of drug-likeness (QED) is 0.722. The fraction of sp³-hybridized carbons (Fsp3) is 0.600. The van der Waals surface area contributed by atoms with Crippen molar-refractivity contribution < 1.29 is 4.42 Å². The molecule has 0 aliphatic carbocycles. The molecular weight excluding hydrogens is 216 g/mol. The minimum atomic E-state index is 0.204.